The van der Waals surface area contributed by atoms with E-state index in [1.165, 1.54) is 18.2 Å². The molecule has 0 unspecified atom stereocenters. The summed E-state index contributed by atoms with van der Waals surface area (Å²) in [7, 11) is 1.29. The van der Waals surface area contributed by atoms with E-state index in [0.29, 0.717) is 12.1 Å². The number of aryl methyl sites for hydroxylation is 1. The van der Waals surface area contributed by atoms with E-state index in [1.54, 1.807) is 6.92 Å². The van der Waals surface area contributed by atoms with E-state index >= 15 is 0 Å². The maximum absolute atomic E-state index is 12.1. The van der Waals surface area contributed by atoms with Gasteiger partial charge in [-0.25, -0.2) is 0 Å². The predicted octanol–water partition coefficient (Wildman–Crippen LogP) is 1.01. The Hall–Kier alpha value is -1.85. The lowest BCUT2D eigenvalue weighted by Crippen LogP contribution is -2.36. The van der Waals surface area contributed by atoms with Crippen molar-refractivity contribution in [1.82, 2.24) is 10.1 Å². The second-order valence-corrected chi connectivity index (χ2v) is 3.64. The Morgan fingerprint density at radius 2 is 2.24 bits per heavy atom. The molecule has 0 N–H and O–H groups in total. The Morgan fingerprint density at radius 3 is 2.71 bits per heavy atom. The van der Waals surface area contributed by atoms with Gasteiger partial charge in [0.25, 0.3) is 5.91 Å². The third-order valence-corrected chi connectivity index (χ3v) is 2.27. The van der Waals surface area contributed by atoms with E-state index in [1.807, 2.05) is 6.92 Å². The van der Waals surface area contributed by atoms with Crippen LogP contribution in [0.2, 0.25) is 0 Å². The van der Waals surface area contributed by atoms with Gasteiger partial charge in [-0.2, -0.15) is 0 Å². The molecule has 1 aromatic heterocycles. The molecule has 0 saturated carbocycles. The van der Waals surface area contributed by atoms with Crippen molar-refractivity contribution in [2.75, 3.05) is 20.2 Å². The van der Waals surface area contributed by atoms with Gasteiger partial charge in [0.2, 0.25) is 5.76 Å². The van der Waals surface area contributed by atoms with E-state index in [0.717, 1.165) is 6.42 Å². The Balaban J connectivity index is 2.80. The van der Waals surface area contributed by atoms with Crippen molar-refractivity contribution in [3.8, 4) is 0 Å². The zero-order valence-corrected chi connectivity index (χ0v) is 10.2. The Kier molecular flexibility index (Phi) is 4.68. The van der Waals surface area contributed by atoms with Gasteiger partial charge in [0.1, 0.15) is 6.54 Å². The molecule has 6 nitrogen and oxygen atoms in total. The summed E-state index contributed by atoms with van der Waals surface area (Å²) in [5.41, 5.74) is 0.654. The van der Waals surface area contributed by atoms with Crippen molar-refractivity contribution >= 4 is 11.9 Å². The van der Waals surface area contributed by atoms with Crippen LogP contribution < -0.4 is 0 Å². The first kappa shape index (κ1) is 13.2. The molecule has 0 radical (unpaired) electrons. The number of aromatic nitrogens is 1. The second kappa shape index (κ2) is 6.03. The van der Waals surface area contributed by atoms with Crippen molar-refractivity contribution in [2.45, 2.75) is 20.3 Å². The Bertz CT molecular complexity index is 400. The summed E-state index contributed by atoms with van der Waals surface area (Å²) in [5.74, 6) is -0.626. The molecule has 0 atom stereocenters. The minimum Gasteiger partial charge on any atom is -0.468 e. The summed E-state index contributed by atoms with van der Waals surface area (Å²) in [4.78, 5) is 24.6. The van der Waals surface area contributed by atoms with Gasteiger partial charge in [-0.05, 0) is 13.3 Å². The molecule has 0 aliphatic carbocycles. The van der Waals surface area contributed by atoms with E-state index in [-0.39, 0.29) is 18.2 Å². The average molecular weight is 240 g/mol. The maximum Gasteiger partial charge on any atom is 0.325 e. The summed E-state index contributed by atoms with van der Waals surface area (Å²) in [5, 5.41) is 3.55. The van der Waals surface area contributed by atoms with Crippen molar-refractivity contribution in [3.05, 3.63) is 17.5 Å². The molecule has 0 aliphatic rings. The summed E-state index contributed by atoms with van der Waals surface area (Å²) < 4.78 is 9.42. The quantitative estimate of drug-likeness (QED) is 0.718. The van der Waals surface area contributed by atoms with E-state index in [9.17, 15) is 9.59 Å². The number of amides is 1. The molecule has 1 heterocycles. The predicted molar refractivity (Wildman–Crippen MR) is 59.5 cm³/mol. The van der Waals surface area contributed by atoms with Gasteiger partial charge < -0.3 is 14.2 Å². The molecule has 17 heavy (non-hydrogen) atoms. The Labute approximate surface area is 99.5 Å². The molecule has 0 fully saturated rings. The molecule has 1 aromatic rings. The van der Waals surface area contributed by atoms with Crippen LogP contribution in [0.3, 0.4) is 0 Å². The monoisotopic (exact) mass is 240 g/mol. The highest BCUT2D eigenvalue weighted by molar-refractivity contribution is 5.94. The first-order valence-corrected chi connectivity index (χ1v) is 5.37. The number of hydrogen-bond acceptors (Lipinski definition) is 5. The highest BCUT2D eigenvalue weighted by Crippen LogP contribution is 2.10. The minimum atomic E-state index is -0.455. The summed E-state index contributed by atoms with van der Waals surface area (Å²) >= 11 is 0. The first-order chi connectivity index (χ1) is 8.10. The van der Waals surface area contributed by atoms with Gasteiger partial charge in [-0.3, -0.25) is 9.59 Å². The van der Waals surface area contributed by atoms with Crippen LogP contribution in [0.25, 0.3) is 0 Å². The van der Waals surface area contributed by atoms with Crippen LogP contribution in [-0.2, 0) is 9.53 Å². The lowest BCUT2D eigenvalue weighted by Gasteiger charge is -2.19. The standard InChI is InChI=1S/C11H16N2O4/c1-4-5-13(7-9(14)16-3)11(15)10-8(2)6-12-17-10/h6H,4-5,7H2,1-3H3. The average Bonchev–Trinajstić information content (AvgIpc) is 2.73. The summed E-state index contributed by atoms with van der Waals surface area (Å²) in [6.07, 6.45) is 2.21. The molecule has 6 heteroatoms. The number of rotatable bonds is 5. The van der Waals surface area contributed by atoms with Crippen LogP contribution in [0, 0.1) is 6.92 Å². The third kappa shape index (κ3) is 3.30. The molecule has 0 saturated heterocycles. The highest BCUT2D eigenvalue weighted by atomic mass is 16.5. The molecule has 0 spiro atoms. The lowest BCUT2D eigenvalue weighted by atomic mass is 10.2. The molecule has 1 rings (SSSR count). The summed E-state index contributed by atoms with van der Waals surface area (Å²) in [6.45, 7) is 4.04. The van der Waals surface area contributed by atoms with E-state index in [4.69, 9.17) is 4.52 Å². The maximum atomic E-state index is 12.1. The zero-order chi connectivity index (χ0) is 12.8. The molecular formula is C11H16N2O4. The van der Waals surface area contributed by atoms with Crippen LogP contribution in [0.1, 0.15) is 29.5 Å². The van der Waals surface area contributed by atoms with Crippen LogP contribution in [0.4, 0.5) is 0 Å². The smallest absolute Gasteiger partial charge is 0.325 e. The number of methoxy groups -OCH3 is 1. The largest absolute Gasteiger partial charge is 0.468 e. The van der Waals surface area contributed by atoms with Crippen molar-refractivity contribution in [3.63, 3.8) is 0 Å². The first-order valence-electron chi connectivity index (χ1n) is 5.37. The van der Waals surface area contributed by atoms with Crippen LogP contribution >= 0.6 is 0 Å². The van der Waals surface area contributed by atoms with Gasteiger partial charge in [0, 0.05) is 12.1 Å². The van der Waals surface area contributed by atoms with Gasteiger partial charge in [-0.15, -0.1) is 0 Å². The van der Waals surface area contributed by atoms with Crippen molar-refractivity contribution in [1.29, 1.82) is 0 Å². The lowest BCUT2D eigenvalue weighted by molar-refractivity contribution is -0.141. The minimum absolute atomic E-state index is 0.0800. The molecule has 94 valence electrons. The van der Waals surface area contributed by atoms with Crippen LogP contribution in [-0.4, -0.2) is 42.1 Å². The van der Waals surface area contributed by atoms with E-state index < -0.39 is 5.97 Å². The van der Waals surface area contributed by atoms with Crippen LogP contribution in [0.5, 0.6) is 0 Å². The number of esters is 1. The van der Waals surface area contributed by atoms with Crippen molar-refractivity contribution < 1.29 is 18.8 Å². The normalized spacial score (nSPS) is 10.1. The van der Waals surface area contributed by atoms with Crippen molar-refractivity contribution in [2.24, 2.45) is 0 Å². The second-order valence-electron chi connectivity index (χ2n) is 3.64. The molecular weight excluding hydrogens is 224 g/mol. The third-order valence-electron chi connectivity index (χ3n) is 2.27. The Morgan fingerprint density at radius 1 is 1.53 bits per heavy atom. The molecule has 1 amide bonds. The number of carbonyl (C=O) groups is 2. The number of hydrogen-bond donors (Lipinski definition) is 0. The SMILES string of the molecule is CCCN(CC(=O)OC)C(=O)c1oncc1C. The fourth-order valence-corrected chi connectivity index (χ4v) is 1.38. The van der Waals surface area contributed by atoms with Crippen LogP contribution in [0.15, 0.2) is 10.7 Å². The summed E-state index contributed by atoms with van der Waals surface area (Å²) in [6, 6.07) is 0. The van der Waals surface area contributed by atoms with E-state index in [2.05, 4.69) is 9.89 Å². The van der Waals surface area contributed by atoms with Gasteiger partial charge in [0.15, 0.2) is 0 Å². The number of ether oxygens (including phenoxy) is 1. The topological polar surface area (TPSA) is 72.6 Å². The number of nitrogens with zero attached hydrogens (tertiary/aromatic N) is 2. The van der Waals surface area contributed by atoms with Gasteiger partial charge in [0.05, 0.1) is 13.3 Å². The van der Waals surface area contributed by atoms with Gasteiger partial charge in [-0.1, -0.05) is 12.1 Å². The fraction of sp³-hybridized carbons (Fsp3) is 0.545. The fourth-order valence-electron chi connectivity index (χ4n) is 1.38. The number of carbonyl (C=O) groups excluding carboxylic acids is 2. The molecule has 0 bridgehead atoms. The highest BCUT2D eigenvalue weighted by Gasteiger charge is 2.23. The zero-order valence-electron chi connectivity index (χ0n) is 10.2. The van der Waals surface area contributed by atoms with Gasteiger partial charge >= 0.3 is 5.97 Å². The molecule has 0 aromatic carbocycles. The molecule has 0 aliphatic heterocycles.